The molecule has 0 radical (unpaired) electrons. The Morgan fingerprint density at radius 1 is 1.41 bits per heavy atom. The van der Waals surface area contributed by atoms with Gasteiger partial charge in [-0.25, -0.2) is 4.98 Å². The third kappa shape index (κ3) is 3.04. The summed E-state index contributed by atoms with van der Waals surface area (Å²) in [6, 6.07) is 7.12. The Morgan fingerprint density at radius 3 is 3.00 bits per heavy atom. The molecule has 2 aromatic rings. The Balaban J connectivity index is 1.81. The smallest absolute Gasteiger partial charge is 0.262 e. The van der Waals surface area contributed by atoms with E-state index in [1.54, 1.807) is 6.07 Å². The highest BCUT2D eigenvalue weighted by molar-refractivity contribution is 6.29. The molecular formula is C14H14ClN5O2. The van der Waals surface area contributed by atoms with Crippen LogP contribution in [-0.4, -0.2) is 22.5 Å². The van der Waals surface area contributed by atoms with Crippen molar-refractivity contribution in [3.8, 4) is 5.75 Å². The standard InChI is InChI=1S/C14H14ClN5O2/c1-7(17-12-5-11(15)19-14(16)20-12)8-2-3-10-9(4-8)18-13(21)6-22-10/h2-5,7H,6H2,1H3,(H,18,21)(H3,16,17,19,20). The average molecular weight is 320 g/mol. The number of amides is 1. The molecule has 8 heteroatoms. The zero-order valence-corrected chi connectivity index (χ0v) is 12.5. The Bertz CT molecular complexity index is 717. The number of ether oxygens (including phenoxy) is 1. The molecule has 0 aliphatic carbocycles. The van der Waals surface area contributed by atoms with Gasteiger partial charge in [0.15, 0.2) is 6.61 Å². The Morgan fingerprint density at radius 2 is 2.23 bits per heavy atom. The van der Waals surface area contributed by atoms with Crippen molar-refractivity contribution in [2.45, 2.75) is 13.0 Å². The van der Waals surface area contributed by atoms with E-state index in [-0.39, 0.29) is 29.7 Å². The summed E-state index contributed by atoms with van der Waals surface area (Å²) in [6.07, 6.45) is 0. The van der Waals surface area contributed by atoms with E-state index in [0.717, 1.165) is 5.56 Å². The van der Waals surface area contributed by atoms with E-state index in [1.165, 1.54) is 0 Å². The summed E-state index contributed by atoms with van der Waals surface area (Å²) in [4.78, 5) is 19.3. The molecule has 2 heterocycles. The molecule has 1 amide bonds. The molecule has 1 unspecified atom stereocenters. The highest BCUT2D eigenvalue weighted by atomic mass is 35.5. The van der Waals surface area contributed by atoms with Gasteiger partial charge in [0.25, 0.3) is 5.91 Å². The van der Waals surface area contributed by atoms with Gasteiger partial charge in [0.2, 0.25) is 5.95 Å². The zero-order chi connectivity index (χ0) is 15.7. The van der Waals surface area contributed by atoms with E-state index < -0.39 is 0 Å². The van der Waals surface area contributed by atoms with Crippen LogP contribution in [0.1, 0.15) is 18.5 Å². The Kier molecular flexibility index (Phi) is 3.72. The van der Waals surface area contributed by atoms with Crippen molar-refractivity contribution in [3.63, 3.8) is 0 Å². The second-order valence-electron chi connectivity index (χ2n) is 4.89. The maximum absolute atomic E-state index is 11.4. The second-order valence-corrected chi connectivity index (χ2v) is 5.28. The van der Waals surface area contributed by atoms with Crippen molar-refractivity contribution < 1.29 is 9.53 Å². The number of hydrogen-bond donors (Lipinski definition) is 3. The summed E-state index contributed by atoms with van der Waals surface area (Å²) in [6.45, 7) is 2.00. The number of aromatic nitrogens is 2. The van der Waals surface area contributed by atoms with Crippen LogP contribution in [0.4, 0.5) is 17.5 Å². The number of halogens is 1. The van der Waals surface area contributed by atoms with E-state index in [9.17, 15) is 4.79 Å². The molecule has 1 aliphatic heterocycles. The van der Waals surface area contributed by atoms with Crippen molar-refractivity contribution >= 4 is 35.0 Å². The fourth-order valence-corrected chi connectivity index (χ4v) is 2.37. The molecule has 1 atom stereocenters. The zero-order valence-electron chi connectivity index (χ0n) is 11.8. The molecule has 0 saturated heterocycles. The molecule has 0 saturated carbocycles. The van der Waals surface area contributed by atoms with Gasteiger partial charge in [0, 0.05) is 6.07 Å². The van der Waals surface area contributed by atoms with E-state index in [0.29, 0.717) is 17.3 Å². The van der Waals surface area contributed by atoms with E-state index in [1.807, 2.05) is 25.1 Å². The number of anilines is 3. The molecule has 22 heavy (non-hydrogen) atoms. The lowest BCUT2D eigenvalue weighted by molar-refractivity contribution is -0.118. The van der Waals surface area contributed by atoms with Crippen LogP contribution in [0, 0.1) is 0 Å². The van der Waals surface area contributed by atoms with E-state index in [4.69, 9.17) is 22.1 Å². The van der Waals surface area contributed by atoms with Crippen LogP contribution in [0.3, 0.4) is 0 Å². The first-order chi connectivity index (χ1) is 10.5. The lowest BCUT2D eigenvalue weighted by Crippen LogP contribution is -2.25. The summed E-state index contributed by atoms with van der Waals surface area (Å²) < 4.78 is 5.33. The predicted octanol–water partition coefficient (Wildman–Crippen LogP) is 2.22. The van der Waals surface area contributed by atoms with Crippen LogP contribution in [0.25, 0.3) is 0 Å². The number of carbonyl (C=O) groups is 1. The number of nitrogens with two attached hydrogens (primary N) is 1. The SMILES string of the molecule is CC(Nc1cc(Cl)nc(N)n1)c1ccc2c(c1)NC(=O)CO2. The van der Waals surface area contributed by atoms with Crippen LogP contribution in [0.5, 0.6) is 5.75 Å². The minimum atomic E-state index is -0.166. The van der Waals surface area contributed by atoms with Gasteiger partial charge in [-0.3, -0.25) is 4.79 Å². The molecule has 0 bridgehead atoms. The number of nitrogen functional groups attached to an aromatic ring is 1. The van der Waals surface area contributed by atoms with Crippen LogP contribution in [-0.2, 0) is 4.79 Å². The van der Waals surface area contributed by atoms with Gasteiger partial charge in [-0.05, 0) is 24.6 Å². The van der Waals surface area contributed by atoms with Gasteiger partial charge in [-0.2, -0.15) is 4.98 Å². The third-order valence-electron chi connectivity index (χ3n) is 3.21. The highest BCUT2D eigenvalue weighted by Crippen LogP contribution is 2.31. The van der Waals surface area contributed by atoms with Crippen molar-refractivity contribution in [2.75, 3.05) is 23.0 Å². The number of benzene rings is 1. The third-order valence-corrected chi connectivity index (χ3v) is 3.41. The van der Waals surface area contributed by atoms with Gasteiger partial charge < -0.3 is 21.1 Å². The molecule has 1 aromatic heterocycles. The van der Waals surface area contributed by atoms with Crippen molar-refractivity contribution in [3.05, 3.63) is 35.0 Å². The molecule has 0 fully saturated rings. The number of nitrogens with zero attached hydrogens (tertiary/aromatic N) is 2. The van der Waals surface area contributed by atoms with Crippen molar-refractivity contribution in [1.82, 2.24) is 9.97 Å². The van der Waals surface area contributed by atoms with Gasteiger partial charge in [-0.1, -0.05) is 17.7 Å². The number of carbonyl (C=O) groups excluding carboxylic acids is 1. The Hall–Kier alpha value is -2.54. The minimum Gasteiger partial charge on any atom is -0.482 e. The lowest BCUT2D eigenvalue weighted by atomic mass is 10.1. The second kappa shape index (κ2) is 5.69. The Labute approximate surface area is 131 Å². The van der Waals surface area contributed by atoms with E-state index >= 15 is 0 Å². The highest BCUT2D eigenvalue weighted by Gasteiger charge is 2.17. The fraction of sp³-hybridized carbons (Fsp3) is 0.214. The molecule has 3 rings (SSSR count). The van der Waals surface area contributed by atoms with Gasteiger partial charge in [0.05, 0.1) is 11.7 Å². The van der Waals surface area contributed by atoms with Gasteiger partial charge in [-0.15, -0.1) is 0 Å². The molecule has 4 N–H and O–H groups in total. The first-order valence-corrected chi connectivity index (χ1v) is 7.02. The number of rotatable bonds is 3. The molecule has 7 nitrogen and oxygen atoms in total. The molecule has 1 aromatic carbocycles. The van der Waals surface area contributed by atoms with Crippen LogP contribution >= 0.6 is 11.6 Å². The predicted molar refractivity (Wildman–Crippen MR) is 84.1 cm³/mol. The normalized spacial score (nSPS) is 14.5. The van der Waals surface area contributed by atoms with Gasteiger partial charge in [0.1, 0.15) is 16.7 Å². The summed E-state index contributed by atoms with van der Waals surface area (Å²) in [5, 5.41) is 6.24. The fourth-order valence-electron chi connectivity index (χ4n) is 2.18. The first kappa shape index (κ1) is 14.4. The summed E-state index contributed by atoms with van der Waals surface area (Å²) >= 11 is 5.86. The lowest BCUT2D eigenvalue weighted by Gasteiger charge is -2.21. The largest absolute Gasteiger partial charge is 0.482 e. The van der Waals surface area contributed by atoms with Gasteiger partial charge >= 0.3 is 0 Å². The van der Waals surface area contributed by atoms with Crippen molar-refractivity contribution in [2.24, 2.45) is 0 Å². The number of hydrogen-bond acceptors (Lipinski definition) is 6. The van der Waals surface area contributed by atoms with Crippen LogP contribution in [0.15, 0.2) is 24.3 Å². The average Bonchev–Trinajstić information content (AvgIpc) is 2.45. The van der Waals surface area contributed by atoms with Crippen molar-refractivity contribution in [1.29, 1.82) is 0 Å². The molecule has 1 aliphatic rings. The maximum Gasteiger partial charge on any atom is 0.262 e. The summed E-state index contributed by atoms with van der Waals surface area (Å²) in [5.41, 5.74) is 7.18. The number of nitrogens with one attached hydrogen (secondary N) is 2. The number of fused-ring (bicyclic) bond motifs is 1. The minimum absolute atomic E-state index is 0.0405. The summed E-state index contributed by atoms with van der Waals surface area (Å²) in [5.74, 6) is 1.13. The summed E-state index contributed by atoms with van der Waals surface area (Å²) in [7, 11) is 0. The monoisotopic (exact) mass is 319 g/mol. The topological polar surface area (TPSA) is 102 Å². The maximum atomic E-state index is 11.4. The first-order valence-electron chi connectivity index (χ1n) is 6.64. The molecule has 0 spiro atoms. The van der Waals surface area contributed by atoms with E-state index in [2.05, 4.69) is 20.6 Å². The van der Waals surface area contributed by atoms with Crippen LogP contribution < -0.4 is 21.1 Å². The molecule has 114 valence electrons. The quantitative estimate of drug-likeness (QED) is 0.750. The van der Waals surface area contributed by atoms with Crippen LogP contribution in [0.2, 0.25) is 5.15 Å². The molecular weight excluding hydrogens is 306 g/mol.